The molecule has 0 saturated carbocycles. The van der Waals surface area contributed by atoms with Crippen molar-refractivity contribution in [1.82, 2.24) is 29.6 Å². The van der Waals surface area contributed by atoms with Crippen LogP contribution in [-0.4, -0.2) is 99.2 Å². The first kappa shape index (κ1) is 19.2. The van der Waals surface area contributed by atoms with Crippen molar-refractivity contribution in [2.24, 2.45) is 4.99 Å². The number of H-pyrrole nitrogens is 1. The van der Waals surface area contributed by atoms with Gasteiger partial charge in [-0.25, -0.2) is 14.8 Å². The highest BCUT2D eigenvalue weighted by Gasteiger charge is 2.51. The number of aromatic nitrogens is 2. The van der Waals surface area contributed by atoms with Crippen molar-refractivity contribution in [2.75, 3.05) is 39.5 Å². The Labute approximate surface area is 179 Å². The molecule has 0 spiro atoms. The van der Waals surface area contributed by atoms with Crippen LogP contribution in [0.1, 0.15) is 12.8 Å². The Bertz CT molecular complexity index is 983. The summed E-state index contributed by atoms with van der Waals surface area (Å²) in [6.07, 6.45) is 1.78. The first-order valence-electron chi connectivity index (χ1n) is 10.3. The van der Waals surface area contributed by atoms with Crippen molar-refractivity contribution in [3.8, 4) is 0 Å². The fourth-order valence-corrected chi connectivity index (χ4v) is 5.23. The molecule has 2 atom stereocenters. The molecular formula is C20H25N7O2S. The van der Waals surface area contributed by atoms with Gasteiger partial charge in [0.25, 0.3) is 5.91 Å². The van der Waals surface area contributed by atoms with Crippen LogP contribution in [0.15, 0.2) is 34.4 Å². The molecule has 4 heterocycles. The third-order valence-corrected chi connectivity index (χ3v) is 6.87. The van der Waals surface area contributed by atoms with E-state index in [2.05, 4.69) is 19.8 Å². The lowest BCUT2D eigenvalue weighted by atomic mass is 10.1. The molecule has 1 aromatic heterocycles. The summed E-state index contributed by atoms with van der Waals surface area (Å²) in [5, 5.41) is 0.867. The highest BCUT2D eigenvalue weighted by atomic mass is 32.2. The average molecular weight is 428 g/mol. The van der Waals surface area contributed by atoms with Gasteiger partial charge in [0.2, 0.25) is 0 Å². The van der Waals surface area contributed by atoms with Crippen LogP contribution < -0.4 is 0 Å². The van der Waals surface area contributed by atoms with E-state index in [0.29, 0.717) is 6.54 Å². The summed E-state index contributed by atoms with van der Waals surface area (Å²) in [7, 11) is 3.27. The molecule has 2 saturated heterocycles. The SMILES string of the molecule is CN1C(=O)C2C(N=C(N3CCCC3)N2CCSc2nc3ccccc3[nH]2)N(C)C1=O. The Morgan fingerprint density at radius 3 is 2.70 bits per heavy atom. The number of imidazole rings is 1. The summed E-state index contributed by atoms with van der Waals surface area (Å²) in [6, 6.07) is 7.19. The molecule has 2 unspecified atom stereocenters. The van der Waals surface area contributed by atoms with Crippen molar-refractivity contribution < 1.29 is 9.59 Å². The van der Waals surface area contributed by atoms with E-state index in [9.17, 15) is 9.59 Å². The Kier molecular flexibility index (Phi) is 4.80. The van der Waals surface area contributed by atoms with Gasteiger partial charge in [-0.05, 0) is 25.0 Å². The number of likely N-dealkylation sites (tertiary alicyclic amines) is 1. The molecule has 2 fully saturated rings. The predicted molar refractivity (Wildman–Crippen MR) is 115 cm³/mol. The second-order valence-corrected chi connectivity index (χ2v) is 8.96. The zero-order valence-electron chi connectivity index (χ0n) is 17.1. The second-order valence-electron chi connectivity index (χ2n) is 7.87. The largest absolute Gasteiger partial charge is 0.343 e. The lowest BCUT2D eigenvalue weighted by molar-refractivity contribution is -0.136. The van der Waals surface area contributed by atoms with Crippen LogP contribution in [-0.2, 0) is 4.79 Å². The second kappa shape index (κ2) is 7.50. The first-order valence-corrected chi connectivity index (χ1v) is 11.2. The van der Waals surface area contributed by atoms with Gasteiger partial charge < -0.3 is 19.7 Å². The molecule has 0 aliphatic carbocycles. The number of carbonyl (C=O) groups is 2. The number of imide groups is 1. The number of amides is 3. The number of hydrogen-bond donors (Lipinski definition) is 1. The summed E-state index contributed by atoms with van der Waals surface area (Å²) in [5.41, 5.74) is 1.97. The number of urea groups is 1. The number of likely N-dealkylation sites (N-methyl/N-ethyl adjacent to an activating group) is 2. The number of para-hydroxylation sites is 2. The molecule has 3 amide bonds. The number of guanidine groups is 1. The Morgan fingerprint density at radius 2 is 1.93 bits per heavy atom. The highest BCUT2D eigenvalue weighted by molar-refractivity contribution is 7.99. The van der Waals surface area contributed by atoms with Gasteiger partial charge in [-0.3, -0.25) is 9.69 Å². The smallest absolute Gasteiger partial charge is 0.328 e. The lowest BCUT2D eigenvalue weighted by Crippen LogP contribution is -2.64. The number of aliphatic imine (C=N–C) groups is 1. The minimum absolute atomic E-state index is 0.185. The average Bonchev–Trinajstić information content (AvgIpc) is 3.48. The number of hydrogen-bond acceptors (Lipinski definition) is 7. The van der Waals surface area contributed by atoms with Crippen LogP contribution in [0.25, 0.3) is 11.0 Å². The van der Waals surface area contributed by atoms with Gasteiger partial charge in [-0.1, -0.05) is 23.9 Å². The molecule has 5 rings (SSSR count). The summed E-state index contributed by atoms with van der Waals surface area (Å²) >= 11 is 1.63. The van der Waals surface area contributed by atoms with Crippen LogP contribution in [0.5, 0.6) is 0 Å². The van der Waals surface area contributed by atoms with E-state index in [4.69, 9.17) is 4.99 Å². The maximum atomic E-state index is 13.0. The van der Waals surface area contributed by atoms with Crippen molar-refractivity contribution in [1.29, 1.82) is 0 Å². The Morgan fingerprint density at radius 1 is 1.17 bits per heavy atom. The number of aromatic amines is 1. The number of thioether (sulfide) groups is 1. The molecule has 0 bridgehead atoms. The van der Waals surface area contributed by atoms with Gasteiger partial charge in [-0.2, -0.15) is 0 Å². The van der Waals surface area contributed by atoms with Crippen LogP contribution in [0, 0.1) is 0 Å². The Balaban J connectivity index is 1.35. The van der Waals surface area contributed by atoms with Crippen molar-refractivity contribution in [3.05, 3.63) is 24.3 Å². The molecule has 1 aromatic carbocycles. The van der Waals surface area contributed by atoms with Gasteiger partial charge in [-0.15, -0.1) is 0 Å². The molecule has 30 heavy (non-hydrogen) atoms. The van der Waals surface area contributed by atoms with Gasteiger partial charge in [0.05, 0.1) is 11.0 Å². The minimum atomic E-state index is -0.468. The summed E-state index contributed by atoms with van der Waals surface area (Å²) in [5.74, 6) is 1.41. The lowest BCUT2D eigenvalue weighted by Gasteiger charge is -2.40. The van der Waals surface area contributed by atoms with E-state index in [0.717, 1.165) is 53.8 Å². The quantitative estimate of drug-likeness (QED) is 0.747. The minimum Gasteiger partial charge on any atom is -0.343 e. The summed E-state index contributed by atoms with van der Waals surface area (Å²) < 4.78 is 0. The third-order valence-electron chi connectivity index (χ3n) is 6.02. The maximum absolute atomic E-state index is 13.0. The van der Waals surface area contributed by atoms with Crippen LogP contribution in [0.2, 0.25) is 0 Å². The van der Waals surface area contributed by atoms with Crippen molar-refractivity contribution in [3.63, 3.8) is 0 Å². The first-order chi connectivity index (χ1) is 14.5. The third kappa shape index (κ3) is 3.10. The zero-order valence-corrected chi connectivity index (χ0v) is 17.9. The molecule has 2 aromatic rings. The number of nitrogens with one attached hydrogen (secondary N) is 1. The van der Waals surface area contributed by atoms with Gasteiger partial charge in [0, 0.05) is 39.5 Å². The fraction of sp³-hybridized carbons (Fsp3) is 0.500. The zero-order chi connectivity index (χ0) is 20.8. The summed E-state index contributed by atoms with van der Waals surface area (Å²) in [4.78, 5) is 45.3. The molecule has 10 heteroatoms. The van der Waals surface area contributed by atoms with Crippen LogP contribution >= 0.6 is 11.8 Å². The van der Waals surface area contributed by atoms with E-state index in [1.54, 1.807) is 30.8 Å². The van der Waals surface area contributed by atoms with Crippen LogP contribution in [0.4, 0.5) is 4.79 Å². The highest BCUT2D eigenvalue weighted by Crippen LogP contribution is 2.30. The molecule has 3 aliphatic rings. The standard InChI is InChI=1S/C20H25N7O2S/c1-24-16-15(17(28)25(2)20(24)29)27(19(23-16)26-9-5-6-10-26)11-12-30-18-21-13-7-3-4-8-14(13)22-18/h3-4,7-8,15-16H,5-6,9-12H2,1-2H3,(H,21,22). The van der Waals surface area contributed by atoms with Gasteiger partial charge in [0.15, 0.2) is 23.3 Å². The number of carbonyl (C=O) groups excluding carboxylic acids is 2. The monoisotopic (exact) mass is 427 g/mol. The van der Waals surface area contributed by atoms with E-state index < -0.39 is 12.2 Å². The van der Waals surface area contributed by atoms with Crippen molar-refractivity contribution >= 4 is 40.7 Å². The topological polar surface area (TPSA) is 88.1 Å². The number of benzene rings is 1. The van der Waals surface area contributed by atoms with Gasteiger partial charge in [0.1, 0.15) is 0 Å². The van der Waals surface area contributed by atoms with E-state index in [1.165, 1.54) is 4.90 Å². The summed E-state index contributed by atoms with van der Waals surface area (Å²) in [6.45, 7) is 2.53. The molecule has 158 valence electrons. The molecule has 9 nitrogen and oxygen atoms in total. The van der Waals surface area contributed by atoms with Crippen LogP contribution in [0.3, 0.4) is 0 Å². The number of fused-ring (bicyclic) bond motifs is 2. The van der Waals surface area contributed by atoms with E-state index in [1.807, 2.05) is 24.3 Å². The Hall–Kier alpha value is -2.75. The predicted octanol–water partition coefficient (Wildman–Crippen LogP) is 1.64. The van der Waals surface area contributed by atoms with E-state index in [-0.39, 0.29) is 11.9 Å². The van der Waals surface area contributed by atoms with Gasteiger partial charge >= 0.3 is 6.03 Å². The van der Waals surface area contributed by atoms with Crippen molar-refractivity contribution in [2.45, 2.75) is 30.2 Å². The fourth-order valence-electron chi connectivity index (χ4n) is 4.41. The maximum Gasteiger partial charge on any atom is 0.328 e. The number of rotatable bonds is 4. The molecular weight excluding hydrogens is 402 g/mol. The normalized spacial score (nSPS) is 24.3. The molecule has 3 aliphatic heterocycles. The van der Waals surface area contributed by atoms with E-state index >= 15 is 0 Å². The number of nitrogens with zero attached hydrogens (tertiary/aromatic N) is 6. The molecule has 1 N–H and O–H groups in total. The molecule has 0 radical (unpaired) electrons.